The minimum atomic E-state index is 0.340. The third-order valence-corrected chi connectivity index (χ3v) is 14.6. The van der Waals surface area contributed by atoms with Crippen LogP contribution in [0.25, 0.3) is 111 Å². The van der Waals surface area contributed by atoms with E-state index in [4.69, 9.17) is 0 Å². The van der Waals surface area contributed by atoms with Crippen molar-refractivity contribution in [3.63, 3.8) is 0 Å². The molecule has 80 heavy (non-hydrogen) atoms. The smallest absolute Gasteiger partial charge is 0.0998 e. The molecule has 12 aromatic rings. The fourth-order valence-electron chi connectivity index (χ4n) is 10.9. The molecule has 0 spiro atoms. The third kappa shape index (κ3) is 7.82. The summed E-state index contributed by atoms with van der Waals surface area (Å²) < 4.78 is 4.21. The van der Waals surface area contributed by atoms with Crippen molar-refractivity contribution in [2.75, 3.05) is 0 Å². The van der Waals surface area contributed by atoms with E-state index in [0.717, 1.165) is 65.9 Å². The predicted molar refractivity (Wildman–Crippen MR) is 303 cm³/mol. The van der Waals surface area contributed by atoms with Gasteiger partial charge in [-0.15, -0.1) is 0 Å². The van der Waals surface area contributed by atoms with Gasteiger partial charge in [0.2, 0.25) is 0 Å². The Morgan fingerprint density at radius 2 is 0.625 bits per heavy atom. The quantitative estimate of drug-likeness (QED) is 0.146. The maximum Gasteiger partial charge on any atom is 0.0998 e. The largest absolute Gasteiger partial charge is 0.309 e. The summed E-state index contributed by atoms with van der Waals surface area (Å²) in [5, 5.41) is 93.7. The van der Waals surface area contributed by atoms with Crippen molar-refractivity contribution in [2.45, 2.75) is 0 Å². The van der Waals surface area contributed by atoms with E-state index in [0.29, 0.717) is 94.8 Å². The van der Waals surface area contributed by atoms with E-state index in [1.807, 2.05) is 91.0 Å². The third-order valence-electron chi connectivity index (χ3n) is 14.6. The molecule has 0 N–H and O–H groups in total. The van der Waals surface area contributed by atoms with Crippen molar-refractivity contribution >= 4 is 43.6 Å². The summed E-state index contributed by atoms with van der Waals surface area (Å²) in [6.45, 7) is 0. The molecule has 12 heteroatoms. The van der Waals surface area contributed by atoms with Gasteiger partial charge in [0.1, 0.15) is 0 Å². The summed E-state index contributed by atoms with van der Waals surface area (Å²) >= 11 is 0. The van der Waals surface area contributed by atoms with Crippen LogP contribution >= 0.6 is 0 Å². The number of aromatic nitrogens is 3. The van der Waals surface area contributed by atoms with E-state index in [9.17, 15) is 47.4 Å². The van der Waals surface area contributed by atoms with E-state index in [2.05, 4.69) is 68.7 Å². The van der Waals surface area contributed by atoms with Crippen LogP contribution in [0.2, 0.25) is 0 Å². The van der Waals surface area contributed by atoms with Crippen molar-refractivity contribution in [1.82, 2.24) is 14.1 Å². The second-order valence-corrected chi connectivity index (χ2v) is 18.8. The van der Waals surface area contributed by atoms with Gasteiger partial charge in [0, 0.05) is 50.8 Å². The van der Waals surface area contributed by atoms with Crippen LogP contribution in [0, 0.1) is 102 Å². The zero-order chi connectivity index (χ0) is 55.2. The first kappa shape index (κ1) is 48.1. The van der Waals surface area contributed by atoms with Crippen LogP contribution < -0.4 is 0 Å². The maximum absolute atomic E-state index is 10.9. The van der Waals surface area contributed by atoms with Crippen LogP contribution in [0.3, 0.4) is 0 Å². The number of nitrogens with zero attached hydrogens (tertiary/aromatic N) is 12. The van der Waals surface area contributed by atoms with Crippen molar-refractivity contribution in [2.24, 2.45) is 0 Å². The molecule has 0 bridgehead atoms. The molecule has 0 atom stereocenters. The van der Waals surface area contributed by atoms with Gasteiger partial charge in [0.05, 0.1) is 132 Å². The van der Waals surface area contributed by atoms with Crippen molar-refractivity contribution in [3.05, 3.63) is 232 Å². The molecule has 0 saturated heterocycles. The van der Waals surface area contributed by atoms with E-state index in [1.165, 1.54) is 0 Å². The molecule has 0 fully saturated rings. The van der Waals surface area contributed by atoms with Crippen molar-refractivity contribution < 1.29 is 0 Å². The Bertz CT molecular complexity index is 4880. The van der Waals surface area contributed by atoms with Gasteiger partial charge in [-0.3, -0.25) is 4.98 Å². The van der Waals surface area contributed by atoms with E-state index < -0.39 is 0 Å². The standard InChI is InChI=1S/C68H30N12/c69-30-40-1-11-54(49(21-40)35-74)44-6-15-64-59(25-44)60-26-45(55-12-2-41(31-70)22-50(55)36-75)7-16-65(60)79(64)53-10-5-48(34-73)58(29-53)63-39-78-20-19-68(63)80-66-17-8-46(56-13-3-42(32-71)23-51(56)37-76)27-61(66)62-28-47(9-18-67(62)80)57-14-4-43(33-72)24-52(57)38-77/h1-29,39H. The molecule has 0 aliphatic heterocycles. The summed E-state index contributed by atoms with van der Waals surface area (Å²) in [5.41, 5.74) is 14.5. The van der Waals surface area contributed by atoms with Crippen molar-refractivity contribution in [1.29, 1.82) is 47.4 Å². The molecule has 3 heterocycles. The lowest BCUT2D eigenvalue weighted by Crippen LogP contribution is -2.01. The van der Waals surface area contributed by atoms with Crippen LogP contribution in [0.5, 0.6) is 0 Å². The Morgan fingerprint density at radius 3 is 0.963 bits per heavy atom. The minimum absolute atomic E-state index is 0.340. The highest BCUT2D eigenvalue weighted by molar-refractivity contribution is 6.14. The number of hydrogen-bond donors (Lipinski definition) is 0. The van der Waals surface area contributed by atoms with Crippen LogP contribution in [0.15, 0.2) is 182 Å². The summed E-state index contributed by atoms with van der Waals surface area (Å²) in [6, 6.07) is 71.3. The topological polar surface area (TPSA) is 237 Å². The molecule has 0 amide bonds. The average molecular weight is 1020 g/mol. The lowest BCUT2D eigenvalue weighted by Gasteiger charge is -2.17. The monoisotopic (exact) mass is 1010 g/mol. The zero-order valence-corrected chi connectivity index (χ0v) is 41.7. The number of rotatable bonds is 7. The van der Waals surface area contributed by atoms with Crippen molar-refractivity contribution in [3.8, 4) is 122 Å². The lowest BCUT2D eigenvalue weighted by atomic mass is 9.95. The Hall–Kier alpha value is -12.9. The first-order chi connectivity index (χ1) is 39.2. The second kappa shape index (κ2) is 19.4. The maximum atomic E-state index is 10.9. The highest BCUT2D eigenvalue weighted by Crippen LogP contribution is 2.43. The second-order valence-electron chi connectivity index (χ2n) is 18.8. The summed E-state index contributed by atoms with van der Waals surface area (Å²) in [6.07, 6.45) is 3.43. The fourth-order valence-corrected chi connectivity index (χ4v) is 10.9. The van der Waals surface area contributed by atoms with E-state index >= 15 is 0 Å². The van der Waals surface area contributed by atoms with Gasteiger partial charge in [-0.25, -0.2) is 0 Å². The Labute approximate surface area is 456 Å². The molecule has 12 nitrogen and oxygen atoms in total. The van der Waals surface area contributed by atoms with Gasteiger partial charge in [-0.1, -0.05) is 48.5 Å². The summed E-state index contributed by atoms with van der Waals surface area (Å²) in [5.74, 6) is 0. The highest BCUT2D eigenvalue weighted by atomic mass is 15.0. The zero-order valence-electron chi connectivity index (χ0n) is 41.7. The average Bonchev–Trinajstić information content (AvgIpc) is 4.20. The molecule has 12 rings (SSSR count). The van der Waals surface area contributed by atoms with Gasteiger partial charge < -0.3 is 9.13 Å². The highest BCUT2D eigenvalue weighted by Gasteiger charge is 2.23. The molecular formula is C68H30N12. The van der Waals surface area contributed by atoms with Gasteiger partial charge in [-0.2, -0.15) is 47.4 Å². The minimum Gasteiger partial charge on any atom is -0.309 e. The normalized spacial score (nSPS) is 10.6. The summed E-state index contributed by atoms with van der Waals surface area (Å²) in [4.78, 5) is 4.64. The van der Waals surface area contributed by atoms with Crippen LogP contribution in [-0.2, 0) is 0 Å². The molecule has 362 valence electrons. The molecule has 3 aromatic heterocycles. The molecule has 0 aliphatic rings. The first-order valence-electron chi connectivity index (χ1n) is 24.7. The fraction of sp³-hybridized carbons (Fsp3) is 0. The molecular weight excluding hydrogens is 985 g/mol. The van der Waals surface area contributed by atoms with Crippen LogP contribution in [0.1, 0.15) is 50.1 Å². The van der Waals surface area contributed by atoms with E-state index in [-0.39, 0.29) is 0 Å². The number of nitriles is 9. The van der Waals surface area contributed by atoms with Gasteiger partial charge in [0.25, 0.3) is 0 Å². The Morgan fingerprint density at radius 1 is 0.275 bits per heavy atom. The first-order valence-corrected chi connectivity index (χ1v) is 24.7. The van der Waals surface area contributed by atoms with Gasteiger partial charge >= 0.3 is 0 Å². The summed E-state index contributed by atoms with van der Waals surface area (Å²) in [7, 11) is 0. The molecule has 0 unspecified atom stereocenters. The lowest BCUT2D eigenvalue weighted by molar-refractivity contribution is 1.15. The molecule has 0 radical (unpaired) electrons. The van der Waals surface area contributed by atoms with Crippen LogP contribution in [0.4, 0.5) is 0 Å². The predicted octanol–water partition coefficient (Wildman–Crippen LogP) is 14.5. The number of pyridine rings is 1. The molecule has 0 aliphatic carbocycles. The Kier molecular flexibility index (Phi) is 11.7. The van der Waals surface area contributed by atoms with Gasteiger partial charge in [-0.05, 0) is 166 Å². The van der Waals surface area contributed by atoms with Gasteiger partial charge in [0.15, 0.2) is 0 Å². The number of fused-ring (bicyclic) bond motifs is 6. The SMILES string of the molecule is N#Cc1ccc(-c2ccc3c(c2)c2cc(-c4ccc(C#N)cc4C#N)ccc2n3-c2ccc(C#N)c(-c3cnccc3-n3c4ccc(-c5ccc(C#N)cc5C#N)cc4c4cc(-c5ccc(C#N)cc5C#N)ccc43)c2)c(C#N)c1. The number of hydrogen-bond acceptors (Lipinski definition) is 10. The molecule has 9 aromatic carbocycles. The van der Waals surface area contributed by atoms with Crippen LogP contribution in [-0.4, -0.2) is 14.1 Å². The van der Waals surface area contributed by atoms with E-state index in [1.54, 1.807) is 91.3 Å². The number of benzene rings is 9. The Balaban J connectivity index is 1.09. The molecule has 0 saturated carbocycles.